The lowest BCUT2D eigenvalue weighted by molar-refractivity contribution is -0.130. The van der Waals surface area contributed by atoms with E-state index in [0.29, 0.717) is 24.6 Å². The van der Waals surface area contributed by atoms with E-state index in [1.54, 1.807) is 15.6 Å². The zero-order valence-corrected chi connectivity index (χ0v) is 22.5. The molecule has 1 unspecified atom stereocenters. The van der Waals surface area contributed by atoms with Gasteiger partial charge >= 0.3 is 0 Å². The third kappa shape index (κ3) is 4.96. The van der Waals surface area contributed by atoms with Gasteiger partial charge in [-0.15, -0.1) is 11.8 Å². The Labute approximate surface area is 231 Å². The van der Waals surface area contributed by atoms with E-state index in [1.807, 2.05) is 72.5 Å². The molecular weight excluding hydrogens is 511 g/mol. The number of nitrogens with zero attached hydrogens (tertiary/aromatic N) is 4. The average Bonchev–Trinajstić information content (AvgIpc) is 3.59. The highest BCUT2D eigenvalue weighted by Crippen LogP contribution is 2.48. The Balaban J connectivity index is 1.61. The summed E-state index contributed by atoms with van der Waals surface area (Å²) in [7, 11) is 0. The minimum Gasteiger partial charge on any atom is -0.341 e. The standard InChI is InChI=1S/C31H29FN4O2S/c1-21-9-7-14-25(17-21)36-31-28(29(33-36)22-10-3-2-4-11-22)30(23-12-8-13-24(32)18-23)39-20-27(38)35(31)19-26(37)34-15-5-6-16-34/h2-4,7-14,17-18,30H,5-6,15-16,19-20H2,1H3. The van der Waals surface area contributed by atoms with E-state index >= 15 is 0 Å². The molecule has 0 saturated carbocycles. The quantitative estimate of drug-likeness (QED) is 0.322. The minimum absolute atomic E-state index is 0.0615. The van der Waals surface area contributed by atoms with Crippen molar-refractivity contribution in [2.45, 2.75) is 25.0 Å². The topological polar surface area (TPSA) is 58.4 Å². The van der Waals surface area contributed by atoms with Gasteiger partial charge in [-0.25, -0.2) is 9.07 Å². The Bertz CT molecular complexity index is 1530. The fourth-order valence-electron chi connectivity index (χ4n) is 5.40. The number of amides is 2. The number of hydrogen-bond donors (Lipinski definition) is 0. The van der Waals surface area contributed by atoms with Crippen molar-refractivity contribution in [3.63, 3.8) is 0 Å². The van der Waals surface area contributed by atoms with Crippen LogP contribution in [0, 0.1) is 12.7 Å². The summed E-state index contributed by atoms with van der Waals surface area (Å²) in [5.41, 5.74) is 5.00. The van der Waals surface area contributed by atoms with Gasteiger partial charge < -0.3 is 4.90 Å². The van der Waals surface area contributed by atoms with Crippen molar-refractivity contribution in [1.82, 2.24) is 14.7 Å². The number of likely N-dealkylation sites (tertiary alicyclic amines) is 1. The molecule has 2 amide bonds. The van der Waals surface area contributed by atoms with Crippen LogP contribution < -0.4 is 4.90 Å². The highest BCUT2D eigenvalue weighted by molar-refractivity contribution is 8.00. The third-order valence-electron chi connectivity index (χ3n) is 7.29. The molecule has 8 heteroatoms. The van der Waals surface area contributed by atoms with E-state index in [0.717, 1.165) is 40.8 Å². The zero-order valence-electron chi connectivity index (χ0n) is 21.7. The van der Waals surface area contributed by atoms with E-state index < -0.39 is 0 Å². The fraction of sp³-hybridized carbons (Fsp3) is 0.258. The Hall–Kier alpha value is -3.91. The van der Waals surface area contributed by atoms with Gasteiger partial charge in [0.1, 0.15) is 18.2 Å². The first-order chi connectivity index (χ1) is 19.0. The van der Waals surface area contributed by atoms with E-state index in [4.69, 9.17) is 5.10 Å². The number of rotatable bonds is 5. The smallest absolute Gasteiger partial charge is 0.242 e. The number of carbonyl (C=O) groups is 2. The lowest BCUT2D eigenvalue weighted by Gasteiger charge is -2.25. The van der Waals surface area contributed by atoms with Crippen molar-refractivity contribution in [1.29, 1.82) is 0 Å². The molecule has 0 bridgehead atoms. The summed E-state index contributed by atoms with van der Waals surface area (Å²) in [5, 5.41) is 4.73. The molecule has 1 atom stereocenters. The average molecular weight is 541 g/mol. The monoisotopic (exact) mass is 540 g/mol. The molecule has 1 saturated heterocycles. The normalized spacial score (nSPS) is 17.3. The van der Waals surface area contributed by atoms with Gasteiger partial charge in [0.2, 0.25) is 11.8 Å². The van der Waals surface area contributed by atoms with Crippen molar-refractivity contribution >= 4 is 29.4 Å². The summed E-state index contributed by atoms with van der Waals surface area (Å²) in [4.78, 5) is 30.6. The van der Waals surface area contributed by atoms with Crippen LogP contribution in [0.5, 0.6) is 0 Å². The first kappa shape index (κ1) is 25.4. The van der Waals surface area contributed by atoms with Crippen molar-refractivity contribution in [3.8, 4) is 16.9 Å². The highest BCUT2D eigenvalue weighted by atomic mass is 32.2. The number of benzene rings is 3. The van der Waals surface area contributed by atoms with Gasteiger partial charge in [-0.05, 0) is 55.2 Å². The van der Waals surface area contributed by atoms with E-state index in [1.165, 1.54) is 23.9 Å². The molecule has 6 rings (SSSR count). The van der Waals surface area contributed by atoms with Crippen molar-refractivity contribution < 1.29 is 14.0 Å². The van der Waals surface area contributed by atoms with E-state index in [9.17, 15) is 14.0 Å². The molecule has 2 aliphatic heterocycles. The number of fused-ring (bicyclic) bond motifs is 1. The minimum atomic E-state index is -0.361. The number of carbonyl (C=O) groups excluding carboxylic acids is 2. The van der Waals surface area contributed by atoms with Crippen LogP contribution >= 0.6 is 11.8 Å². The van der Waals surface area contributed by atoms with Crippen molar-refractivity contribution in [2.75, 3.05) is 30.3 Å². The molecule has 1 fully saturated rings. The predicted octanol–water partition coefficient (Wildman–Crippen LogP) is 5.78. The number of aryl methyl sites for hydroxylation is 1. The Morgan fingerprint density at radius 3 is 2.51 bits per heavy atom. The van der Waals surface area contributed by atoms with Crippen LogP contribution in [-0.4, -0.2) is 51.9 Å². The van der Waals surface area contributed by atoms with Crippen LogP contribution in [0.15, 0.2) is 78.9 Å². The molecule has 198 valence electrons. The maximum atomic E-state index is 14.5. The molecule has 0 radical (unpaired) electrons. The second-order valence-corrected chi connectivity index (χ2v) is 11.1. The van der Waals surface area contributed by atoms with Crippen LogP contribution in [0.3, 0.4) is 0 Å². The summed E-state index contributed by atoms with van der Waals surface area (Å²) >= 11 is 1.44. The fourth-order valence-corrected chi connectivity index (χ4v) is 6.59. The van der Waals surface area contributed by atoms with Crippen LogP contribution in [0.1, 0.15) is 34.8 Å². The molecule has 4 aromatic rings. The summed E-state index contributed by atoms with van der Waals surface area (Å²) in [6.07, 6.45) is 1.95. The summed E-state index contributed by atoms with van der Waals surface area (Å²) in [6.45, 7) is 3.37. The maximum Gasteiger partial charge on any atom is 0.242 e. The maximum absolute atomic E-state index is 14.5. The number of halogens is 1. The molecule has 6 nitrogen and oxygen atoms in total. The van der Waals surface area contributed by atoms with Crippen molar-refractivity contribution in [2.24, 2.45) is 0 Å². The molecular formula is C31H29FN4O2S. The van der Waals surface area contributed by atoms with Gasteiger partial charge in [-0.2, -0.15) is 5.10 Å². The molecule has 3 aromatic carbocycles. The molecule has 0 N–H and O–H groups in total. The molecule has 3 heterocycles. The number of thioether (sulfide) groups is 1. The number of aromatic nitrogens is 2. The second-order valence-electron chi connectivity index (χ2n) is 10.0. The summed E-state index contributed by atoms with van der Waals surface area (Å²) in [6, 6.07) is 24.3. The lowest BCUT2D eigenvalue weighted by Crippen LogP contribution is -2.43. The van der Waals surface area contributed by atoms with Crippen LogP contribution in [-0.2, 0) is 9.59 Å². The SMILES string of the molecule is Cc1cccc(-n2nc(-c3ccccc3)c3c2N(CC(=O)N2CCCC2)C(=O)CSC3c2cccc(F)c2)c1. The van der Waals surface area contributed by atoms with E-state index in [-0.39, 0.29) is 35.2 Å². The van der Waals surface area contributed by atoms with Crippen LogP contribution in [0.2, 0.25) is 0 Å². The van der Waals surface area contributed by atoms with Gasteiger partial charge in [0.05, 0.1) is 22.4 Å². The van der Waals surface area contributed by atoms with Gasteiger partial charge in [-0.3, -0.25) is 14.5 Å². The highest BCUT2D eigenvalue weighted by Gasteiger charge is 2.38. The number of hydrogen-bond acceptors (Lipinski definition) is 4. The molecule has 0 spiro atoms. The Morgan fingerprint density at radius 1 is 1.00 bits per heavy atom. The largest absolute Gasteiger partial charge is 0.341 e. The van der Waals surface area contributed by atoms with E-state index in [2.05, 4.69) is 0 Å². The second kappa shape index (κ2) is 10.7. The predicted molar refractivity (Wildman–Crippen MR) is 153 cm³/mol. The first-order valence-corrected chi connectivity index (χ1v) is 14.2. The molecule has 39 heavy (non-hydrogen) atoms. The Morgan fingerprint density at radius 2 is 1.77 bits per heavy atom. The zero-order chi connectivity index (χ0) is 26.9. The van der Waals surface area contributed by atoms with Gasteiger partial charge in [0.15, 0.2) is 0 Å². The molecule has 1 aromatic heterocycles. The molecule has 0 aliphatic carbocycles. The lowest BCUT2D eigenvalue weighted by atomic mass is 9.99. The van der Waals surface area contributed by atoms with Crippen molar-refractivity contribution in [3.05, 3.63) is 101 Å². The van der Waals surface area contributed by atoms with Gasteiger partial charge in [0.25, 0.3) is 0 Å². The van der Waals surface area contributed by atoms with Crippen LogP contribution in [0.25, 0.3) is 16.9 Å². The van der Waals surface area contributed by atoms with Gasteiger partial charge in [0, 0.05) is 24.2 Å². The first-order valence-electron chi connectivity index (χ1n) is 13.2. The third-order valence-corrected chi connectivity index (χ3v) is 8.54. The Kier molecular flexibility index (Phi) is 6.95. The summed E-state index contributed by atoms with van der Waals surface area (Å²) in [5.74, 6) is 0.154. The number of anilines is 1. The van der Waals surface area contributed by atoms with Gasteiger partial charge in [-0.1, -0.05) is 54.6 Å². The molecule has 2 aliphatic rings. The summed E-state index contributed by atoms with van der Waals surface area (Å²) < 4.78 is 16.3. The van der Waals surface area contributed by atoms with Crippen LogP contribution in [0.4, 0.5) is 10.2 Å².